The van der Waals surface area contributed by atoms with E-state index in [9.17, 15) is 9.59 Å². The van der Waals surface area contributed by atoms with E-state index < -0.39 is 0 Å². The maximum Gasteiger partial charge on any atom is 0.275 e. The molecule has 6 heteroatoms. The third kappa shape index (κ3) is 4.04. The highest BCUT2D eigenvalue weighted by molar-refractivity contribution is 7.12. The van der Waals surface area contributed by atoms with Gasteiger partial charge in [0.1, 0.15) is 0 Å². The van der Waals surface area contributed by atoms with Gasteiger partial charge in [0.05, 0.1) is 4.88 Å². The van der Waals surface area contributed by atoms with Crippen molar-refractivity contribution in [2.24, 2.45) is 11.8 Å². The zero-order valence-corrected chi connectivity index (χ0v) is 13.2. The summed E-state index contributed by atoms with van der Waals surface area (Å²) in [6.07, 6.45) is 5.03. The maximum absolute atomic E-state index is 12.2. The summed E-state index contributed by atoms with van der Waals surface area (Å²) in [5.41, 5.74) is 3.04. The van der Waals surface area contributed by atoms with Crippen molar-refractivity contribution in [3.05, 3.63) is 21.9 Å². The minimum atomic E-state index is -0.286. The summed E-state index contributed by atoms with van der Waals surface area (Å²) in [6, 6.07) is 1.90. The second-order valence-electron chi connectivity index (χ2n) is 5.55. The fraction of sp³-hybridized carbons (Fsp3) is 0.600. The highest BCUT2D eigenvalue weighted by atomic mass is 32.1. The van der Waals surface area contributed by atoms with Crippen LogP contribution in [0.15, 0.2) is 11.4 Å². The second kappa shape index (κ2) is 7.56. The molecule has 0 bridgehead atoms. The predicted molar refractivity (Wildman–Crippen MR) is 83.6 cm³/mol. The van der Waals surface area contributed by atoms with E-state index in [0.29, 0.717) is 23.8 Å². The van der Waals surface area contributed by atoms with Crippen LogP contribution >= 0.6 is 11.3 Å². The van der Waals surface area contributed by atoms with E-state index in [1.165, 1.54) is 24.2 Å². The van der Waals surface area contributed by atoms with Gasteiger partial charge in [0.2, 0.25) is 5.91 Å². The molecule has 2 rings (SSSR count). The Bertz CT molecular complexity index is 501. The van der Waals surface area contributed by atoms with Crippen LogP contribution in [0.2, 0.25) is 0 Å². The molecule has 0 radical (unpaired) electrons. The van der Waals surface area contributed by atoms with Gasteiger partial charge in [0.15, 0.2) is 0 Å². The predicted octanol–water partition coefficient (Wildman–Crippen LogP) is 2.28. The number of carbonyl (C=O) groups is 2. The minimum absolute atomic E-state index is 0.193. The zero-order valence-electron chi connectivity index (χ0n) is 12.4. The lowest BCUT2D eigenvalue weighted by molar-refractivity contribution is -0.131. The molecular weight excluding hydrogens is 286 g/mol. The van der Waals surface area contributed by atoms with E-state index in [1.54, 1.807) is 0 Å². The average molecular weight is 309 g/mol. The first-order valence-electron chi connectivity index (χ1n) is 7.50. The van der Waals surface area contributed by atoms with E-state index in [1.807, 2.05) is 16.3 Å². The van der Waals surface area contributed by atoms with Gasteiger partial charge in [0.25, 0.3) is 5.91 Å². The van der Waals surface area contributed by atoms with Gasteiger partial charge in [-0.3, -0.25) is 15.0 Å². The number of nitrogens with one attached hydrogen (secondary N) is 1. The number of thiophene rings is 1. The second-order valence-corrected chi connectivity index (χ2v) is 6.46. The summed E-state index contributed by atoms with van der Waals surface area (Å²) in [6.45, 7) is 3.47. The van der Waals surface area contributed by atoms with E-state index in [0.717, 1.165) is 24.9 Å². The molecule has 1 unspecified atom stereocenters. The Labute approximate surface area is 129 Å². The lowest BCUT2D eigenvalue weighted by Gasteiger charge is -2.21. The number of rotatable bonds is 5. The largest absolute Gasteiger partial charge is 0.338 e. The Balaban J connectivity index is 2.03. The maximum atomic E-state index is 12.2. The van der Waals surface area contributed by atoms with Crippen LogP contribution in [0.4, 0.5) is 0 Å². The quantitative estimate of drug-likeness (QED) is 0.498. The number of nitrogen functional groups attached to an aromatic ring is 1. The summed E-state index contributed by atoms with van der Waals surface area (Å²) in [4.78, 5) is 26.4. The Hall–Kier alpha value is -1.40. The van der Waals surface area contributed by atoms with Gasteiger partial charge in [0, 0.05) is 19.5 Å². The number of hydrazine groups is 1. The number of hydrogen-bond donors (Lipinski definition) is 2. The van der Waals surface area contributed by atoms with Gasteiger partial charge < -0.3 is 4.90 Å². The first kappa shape index (κ1) is 16.0. The van der Waals surface area contributed by atoms with Crippen molar-refractivity contribution < 1.29 is 9.59 Å². The molecule has 2 heterocycles. The van der Waals surface area contributed by atoms with Gasteiger partial charge in [-0.25, -0.2) is 5.84 Å². The van der Waals surface area contributed by atoms with Gasteiger partial charge in [-0.1, -0.05) is 19.8 Å². The SMILES string of the molecule is CCCC1CCC(=O)N(Cc2ccsc2C(=O)NN)CC1. The molecule has 1 fully saturated rings. The molecule has 1 aromatic rings. The number of carbonyl (C=O) groups excluding carboxylic acids is 2. The fourth-order valence-corrected chi connectivity index (χ4v) is 3.71. The molecule has 0 saturated carbocycles. The topological polar surface area (TPSA) is 75.4 Å². The molecule has 1 saturated heterocycles. The molecule has 1 atom stereocenters. The third-order valence-corrected chi connectivity index (χ3v) is 5.02. The van der Waals surface area contributed by atoms with Crippen LogP contribution in [0.5, 0.6) is 0 Å². The molecule has 0 spiro atoms. The van der Waals surface area contributed by atoms with Gasteiger partial charge >= 0.3 is 0 Å². The summed E-state index contributed by atoms with van der Waals surface area (Å²) in [5.74, 6) is 5.75. The molecule has 2 amide bonds. The Morgan fingerprint density at radius 2 is 2.33 bits per heavy atom. The fourth-order valence-electron chi connectivity index (χ4n) is 2.89. The van der Waals surface area contributed by atoms with Crippen molar-refractivity contribution in [1.82, 2.24) is 10.3 Å². The van der Waals surface area contributed by atoms with Crippen LogP contribution in [0, 0.1) is 5.92 Å². The molecule has 21 heavy (non-hydrogen) atoms. The molecule has 0 aromatic carbocycles. The Morgan fingerprint density at radius 3 is 3.05 bits per heavy atom. The molecule has 5 nitrogen and oxygen atoms in total. The molecule has 1 aliphatic rings. The zero-order chi connectivity index (χ0) is 15.2. The lowest BCUT2D eigenvalue weighted by atomic mass is 9.96. The monoisotopic (exact) mass is 309 g/mol. The van der Waals surface area contributed by atoms with Crippen LogP contribution in [0.3, 0.4) is 0 Å². The van der Waals surface area contributed by atoms with Crippen LogP contribution in [-0.4, -0.2) is 23.3 Å². The number of hydrogen-bond acceptors (Lipinski definition) is 4. The average Bonchev–Trinajstić information content (AvgIpc) is 2.88. The number of nitrogens with two attached hydrogens (primary N) is 1. The van der Waals surface area contributed by atoms with Gasteiger partial charge in [-0.15, -0.1) is 11.3 Å². The molecule has 1 aromatic heterocycles. The molecule has 116 valence electrons. The molecular formula is C15H23N3O2S. The molecule has 1 aliphatic heterocycles. The van der Waals surface area contributed by atoms with Crippen LogP contribution in [0.1, 0.15) is 54.3 Å². The summed E-state index contributed by atoms with van der Waals surface area (Å²) >= 11 is 1.36. The molecule has 0 aliphatic carbocycles. The molecule has 3 N–H and O–H groups in total. The number of nitrogens with zero attached hydrogens (tertiary/aromatic N) is 1. The van der Waals surface area contributed by atoms with E-state index in [4.69, 9.17) is 5.84 Å². The van der Waals surface area contributed by atoms with E-state index in [2.05, 4.69) is 12.3 Å². The summed E-state index contributed by atoms with van der Waals surface area (Å²) < 4.78 is 0. The number of amides is 2. The normalized spacial score (nSPS) is 19.4. The van der Waals surface area contributed by atoms with E-state index in [-0.39, 0.29) is 11.8 Å². The van der Waals surface area contributed by atoms with Crippen molar-refractivity contribution in [2.75, 3.05) is 6.54 Å². The van der Waals surface area contributed by atoms with Crippen molar-refractivity contribution in [3.8, 4) is 0 Å². The standard InChI is InChI=1S/C15H23N3O2S/c1-2-3-11-4-5-13(19)18(8-6-11)10-12-7-9-21-14(12)15(20)17-16/h7,9,11H,2-6,8,10,16H2,1H3,(H,17,20). The van der Waals surface area contributed by atoms with Crippen LogP contribution < -0.4 is 11.3 Å². The minimum Gasteiger partial charge on any atom is -0.338 e. The highest BCUT2D eigenvalue weighted by Crippen LogP contribution is 2.25. The smallest absolute Gasteiger partial charge is 0.275 e. The van der Waals surface area contributed by atoms with Crippen molar-refractivity contribution in [2.45, 2.75) is 45.6 Å². The first-order chi connectivity index (χ1) is 10.2. The van der Waals surface area contributed by atoms with Crippen molar-refractivity contribution in [3.63, 3.8) is 0 Å². The lowest BCUT2D eigenvalue weighted by Crippen LogP contribution is -2.33. The van der Waals surface area contributed by atoms with Crippen molar-refractivity contribution >= 4 is 23.2 Å². The first-order valence-corrected chi connectivity index (χ1v) is 8.38. The Morgan fingerprint density at radius 1 is 1.52 bits per heavy atom. The third-order valence-electron chi connectivity index (χ3n) is 4.07. The van der Waals surface area contributed by atoms with Gasteiger partial charge in [-0.05, 0) is 35.8 Å². The number of likely N-dealkylation sites (tertiary alicyclic amines) is 1. The van der Waals surface area contributed by atoms with Crippen LogP contribution in [0.25, 0.3) is 0 Å². The summed E-state index contributed by atoms with van der Waals surface area (Å²) in [7, 11) is 0. The summed E-state index contributed by atoms with van der Waals surface area (Å²) in [5, 5.41) is 1.86. The highest BCUT2D eigenvalue weighted by Gasteiger charge is 2.23. The van der Waals surface area contributed by atoms with Crippen LogP contribution in [-0.2, 0) is 11.3 Å². The van der Waals surface area contributed by atoms with Gasteiger partial charge in [-0.2, -0.15) is 0 Å². The van der Waals surface area contributed by atoms with E-state index >= 15 is 0 Å². The van der Waals surface area contributed by atoms with Crippen molar-refractivity contribution in [1.29, 1.82) is 0 Å². The Kier molecular flexibility index (Phi) is 5.76.